The van der Waals surface area contributed by atoms with Crippen molar-refractivity contribution in [2.75, 3.05) is 25.5 Å². The van der Waals surface area contributed by atoms with Gasteiger partial charge in [-0.1, -0.05) is 36.4 Å². The number of benzene rings is 2. The largest absolute Gasteiger partial charge is 0.343 e. The van der Waals surface area contributed by atoms with Gasteiger partial charge in [0.25, 0.3) is 0 Å². The number of likely N-dealkylation sites (N-methyl/N-ethyl adjacent to an activating group) is 1. The fourth-order valence-electron chi connectivity index (χ4n) is 2.90. The molecule has 0 atom stereocenters. The SMILES string of the molecule is CCN(CC)C(=O)Cc1ccc(NC(=O)N(C)Cc2ccccc2C)cc1. The highest BCUT2D eigenvalue weighted by molar-refractivity contribution is 5.89. The third-order valence-electron chi connectivity index (χ3n) is 4.69. The number of carbonyl (C=O) groups excluding carboxylic acids is 2. The second kappa shape index (κ2) is 9.76. The molecule has 27 heavy (non-hydrogen) atoms. The number of anilines is 1. The van der Waals surface area contributed by atoms with Crippen molar-refractivity contribution in [1.82, 2.24) is 9.80 Å². The zero-order valence-corrected chi connectivity index (χ0v) is 16.7. The molecule has 1 N–H and O–H groups in total. The van der Waals surface area contributed by atoms with Gasteiger partial charge in [-0.3, -0.25) is 4.79 Å². The highest BCUT2D eigenvalue weighted by Gasteiger charge is 2.12. The second-order valence-electron chi connectivity index (χ2n) is 6.65. The van der Waals surface area contributed by atoms with Gasteiger partial charge >= 0.3 is 6.03 Å². The Morgan fingerprint density at radius 2 is 1.59 bits per heavy atom. The van der Waals surface area contributed by atoms with Crippen LogP contribution >= 0.6 is 0 Å². The molecule has 0 aliphatic rings. The lowest BCUT2D eigenvalue weighted by atomic mass is 10.1. The summed E-state index contributed by atoms with van der Waals surface area (Å²) in [5.74, 6) is 0.120. The lowest BCUT2D eigenvalue weighted by Gasteiger charge is -2.20. The molecule has 0 radical (unpaired) electrons. The minimum absolute atomic E-state index is 0.120. The van der Waals surface area contributed by atoms with Crippen LogP contribution in [-0.2, 0) is 17.8 Å². The summed E-state index contributed by atoms with van der Waals surface area (Å²) in [6.07, 6.45) is 0.378. The highest BCUT2D eigenvalue weighted by atomic mass is 16.2. The maximum Gasteiger partial charge on any atom is 0.321 e. The van der Waals surface area contributed by atoms with Gasteiger partial charge in [-0.25, -0.2) is 4.79 Å². The first-order valence-corrected chi connectivity index (χ1v) is 9.37. The lowest BCUT2D eigenvalue weighted by molar-refractivity contribution is -0.130. The van der Waals surface area contributed by atoms with Crippen molar-refractivity contribution in [1.29, 1.82) is 0 Å². The standard InChI is InChI=1S/C22H29N3O2/c1-5-25(6-2)21(26)15-18-11-13-20(14-12-18)23-22(27)24(4)16-19-10-8-7-9-17(19)3/h7-14H,5-6,15-16H2,1-4H3,(H,23,27). The van der Waals surface area contributed by atoms with E-state index in [4.69, 9.17) is 0 Å². The maximum atomic E-state index is 12.4. The normalized spacial score (nSPS) is 10.4. The van der Waals surface area contributed by atoms with E-state index < -0.39 is 0 Å². The molecule has 0 bridgehead atoms. The van der Waals surface area contributed by atoms with E-state index in [1.807, 2.05) is 74.2 Å². The fraction of sp³-hybridized carbons (Fsp3) is 0.364. The maximum absolute atomic E-state index is 12.4. The minimum Gasteiger partial charge on any atom is -0.343 e. The summed E-state index contributed by atoms with van der Waals surface area (Å²) in [6.45, 7) is 7.99. The van der Waals surface area contributed by atoms with Crippen LogP contribution < -0.4 is 5.32 Å². The summed E-state index contributed by atoms with van der Waals surface area (Å²) in [5, 5.41) is 2.90. The first-order valence-electron chi connectivity index (χ1n) is 9.37. The number of rotatable bonds is 7. The van der Waals surface area contributed by atoms with Crippen LogP contribution in [0.25, 0.3) is 0 Å². The number of nitrogens with one attached hydrogen (secondary N) is 1. The van der Waals surface area contributed by atoms with Crippen molar-refractivity contribution in [2.24, 2.45) is 0 Å². The molecule has 5 heteroatoms. The molecule has 0 aliphatic carbocycles. The number of nitrogens with zero attached hydrogens (tertiary/aromatic N) is 2. The molecule has 0 spiro atoms. The molecule has 0 fully saturated rings. The van der Waals surface area contributed by atoms with Crippen LogP contribution in [0.15, 0.2) is 48.5 Å². The van der Waals surface area contributed by atoms with E-state index in [1.54, 1.807) is 11.9 Å². The number of amides is 3. The summed E-state index contributed by atoms with van der Waals surface area (Å²) in [4.78, 5) is 28.1. The van der Waals surface area contributed by atoms with Crippen LogP contribution in [0.4, 0.5) is 10.5 Å². The summed E-state index contributed by atoms with van der Waals surface area (Å²) < 4.78 is 0. The van der Waals surface area contributed by atoms with E-state index in [0.717, 1.165) is 29.9 Å². The second-order valence-corrected chi connectivity index (χ2v) is 6.65. The molecule has 5 nitrogen and oxygen atoms in total. The molecule has 0 saturated carbocycles. The zero-order chi connectivity index (χ0) is 19.8. The molecule has 144 valence electrons. The first kappa shape index (κ1) is 20.5. The van der Waals surface area contributed by atoms with Crippen LogP contribution in [0.1, 0.15) is 30.5 Å². The van der Waals surface area contributed by atoms with Gasteiger partial charge in [-0.2, -0.15) is 0 Å². The Morgan fingerprint density at radius 3 is 2.19 bits per heavy atom. The average molecular weight is 367 g/mol. The number of hydrogen-bond acceptors (Lipinski definition) is 2. The highest BCUT2D eigenvalue weighted by Crippen LogP contribution is 2.14. The molecular formula is C22H29N3O2. The topological polar surface area (TPSA) is 52.7 Å². The van der Waals surface area contributed by atoms with Crippen molar-refractivity contribution >= 4 is 17.6 Å². The Balaban J connectivity index is 1.92. The van der Waals surface area contributed by atoms with Crippen molar-refractivity contribution in [3.05, 3.63) is 65.2 Å². The predicted molar refractivity (Wildman–Crippen MR) is 110 cm³/mol. The Morgan fingerprint density at radius 1 is 0.963 bits per heavy atom. The lowest BCUT2D eigenvalue weighted by Crippen LogP contribution is -2.32. The van der Waals surface area contributed by atoms with E-state index in [-0.39, 0.29) is 11.9 Å². The van der Waals surface area contributed by atoms with Crippen LogP contribution in [0, 0.1) is 6.92 Å². The van der Waals surface area contributed by atoms with E-state index >= 15 is 0 Å². The van der Waals surface area contributed by atoms with E-state index in [0.29, 0.717) is 13.0 Å². The van der Waals surface area contributed by atoms with Crippen LogP contribution in [-0.4, -0.2) is 41.9 Å². The van der Waals surface area contributed by atoms with Gasteiger partial charge in [0.05, 0.1) is 6.42 Å². The molecule has 3 amide bonds. The first-order chi connectivity index (χ1) is 12.9. The Hall–Kier alpha value is -2.82. The molecular weight excluding hydrogens is 338 g/mol. The van der Waals surface area contributed by atoms with Crippen LogP contribution in [0.2, 0.25) is 0 Å². The van der Waals surface area contributed by atoms with Crippen LogP contribution in [0.3, 0.4) is 0 Å². The van der Waals surface area contributed by atoms with Crippen molar-refractivity contribution in [2.45, 2.75) is 33.7 Å². The molecule has 0 aromatic heterocycles. The summed E-state index contributed by atoms with van der Waals surface area (Å²) in [6, 6.07) is 15.3. The number of carbonyl (C=O) groups is 2. The van der Waals surface area contributed by atoms with Crippen LogP contribution in [0.5, 0.6) is 0 Å². The third-order valence-corrected chi connectivity index (χ3v) is 4.69. The molecule has 2 aromatic rings. The Labute approximate surface area is 162 Å². The molecule has 0 heterocycles. The van der Waals surface area contributed by atoms with Crippen molar-refractivity contribution in [3.8, 4) is 0 Å². The molecule has 2 aromatic carbocycles. The Bertz CT molecular complexity index is 767. The zero-order valence-electron chi connectivity index (χ0n) is 16.7. The van der Waals surface area contributed by atoms with Gasteiger partial charge in [0, 0.05) is 32.4 Å². The average Bonchev–Trinajstić information content (AvgIpc) is 2.66. The fourth-order valence-corrected chi connectivity index (χ4v) is 2.90. The monoisotopic (exact) mass is 367 g/mol. The summed E-state index contributed by atoms with van der Waals surface area (Å²) in [7, 11) is 1.78. The van der Waals surface area contributed by atoms with Crippen molar-refractivity contribution < 1.29 is 9.59 Å². The Kier molecular flexibility index (Phi) is 7.41. The van der Waals surface area contributed by atoms with E-state index in [9.17, 15) is 9.59 Å². The van der Waals surface area contributed by atoms with Gasteiger partial charge < -0.3 is 15.1 Å². The van der Waals surface area contributed by atoms with Gasteiger partial charge in [0.15, 0.2) is 0 Å². The van der Waals surface area contributed by atoms with E-state index in [1.165, 1.54) is 5.56 Å². The van der Waals surface area contributed by atoms with Gasteiger partial charge in [0.1, 0.15) is 0 Å². The summed E-state index contributed by atoms with van der Waals surface area (Å²) >= 11 is 0. The minimum atomic E-state index is -0.162. The van der Waals surface area contributed by atoms with Gasteiger partial charge in [-0.05, 0) is 49.6 Å². The third kappa shape index (κ3) is 5.84. The molecule has 2 rings (SSSR count). The predicted octanol–water partition coefficient (Wildman–Crippen LogP) is 4.07. The van der Waals surface area contributed by atoms with Gasteiger partial charge in [0.2, 0.25) is 5.91 Å². The number of aryl methyl sites for hydroxylation is 1. The van der Waals surface area contributed by atoms with E-state index in [2.05, 4.69) is 5.32 Å². The number of hydrogen-bond donors (Lipinski definition) is 1. The molecule has 0 unspecified atom stereocenters. The molecule has 0 saturated heterocycles. The molecule has 0 aliphatic heterocycles. The van der Waals surface area contributed by atoms with Crippen molar-refractivity contribution in [3.63, 3.8) is 0 Å². The number of urea groups is 1. The smallest absolute Gasteiger partial charge is 0.321 e. The quantitative estimate of drug-likeness (QED) is 0.802. The van der Waals surface area contributed by atoms with Gasteiger partial charge in [-0.15, -0.1) is 0 Å². The summed E-state index contributed by atoms with van der Waals surface area (Å²) in [5.41, 5.74) is 3.95.